The van der Waals surface area contributed by atoms with Crippen molar-refractivity contribution in [1.82, 2.24) is 15.5 Å². The van der Waals surface area contributed by atoms with E-state index in [1.54, 1.807) is 24.3 Å². The molecule has 6 rings (SSSR count). The highest BCUT2D eigenvalue weighted by Gasteiger charge is 2.56. The summed E-state index contributed by atoms with van der Waals surface area (Å²) in [5, 5.41) is 6.93. The fraction of sp³-hybridized carbons (Fsp3) is 0.680. The molecule has 5 aliphatic rings. The van der Waals surface area contributed by atoms with Crippen LogP contribution in [0.5, 0.6) is 0 Å². The Labute approximate surface area is 195 Å². The molecule has 7 heteroatoms. The predicted molar refractivity (Wildman–Crippen MR) is 124 cm³/mol. The quantitative estimate of drug-likeness (QED) is 0.657. The molecule has 2 N–H and O–H groups in total. The van der Waals surface area contributed by atoms with Gasteiger partial charge in [0.15, 0.2) is 0 Å². The number of hydrogen-bond donors (Lipinski definition) is 2. The molecule has 1 aromatic carbocycles. The summed E-state index contributed by atoms with van der Waals surface area (Å²) in [6.07, 6.45) is 7.07. The van der Waals surface area contributed by atoms with E-state index in [1.165, 1.54) is 19.3 Å². The van der Waals surface area contributed by atoms with Crippen LogP contribution >= 0.6 is 11.6 Å². The standard InChI is InChI=1S/C25H34ClN3O3/c26-21-3-1-20(2-4-21)23(30)28-22(24(31)27-5-6-29-7-9-32-10-8-29)25-14-17-11-18(15-25)13-19(12-17)16-25/h1-4,17-19,22H,5-16H2,(H,27,31)(H,28,30)/t17?,18?,19?,22-,25?/m1/s1. The van der Waals surface area contributed by atoms with Gasteiger partial charge in [-0.3, -0.25) is 14.5 Å². The summed E-state index contributed by atoms with van der Waals surface area (Å²) < 4.78 is 5.41. The summed E-state index contributed by atoms with van der Waals surface area (Å²) >= 11 is 6.00. The molecule has 4 aliphatic carbocycles. The first-order chi connectivity index (χ1) is 15.5. The molecule has 1 aromatic rings. The Kier molecular flexibility index (Phi) is 6.46. The van der Waals surface area contributed by atoms with Crippen LogP contribution in [-0.2, 0) is 9.53 Å². The van der Waals surface area contributed by atoms with E-state index in [2.05, 4.69) is 15.5 Å². The Bertz CT molecular complexity index is 802. The number of rotatable bonds is 7. The maximum atomic E-state index is 13.5. The summed E-state index contributed by atoms with van der Waals surface area (Å²) in [6.45, 7) is 4.72. The summed E-state index contributed by atoms with van der Waals surface area (Å²) in [5.41, 5.74) is 0.435. The molecule has 0 aromatic heterocycles. The van der Waals surface area contributed by atoms with Crippen molar-refractivity contribution < 1.29 is 14.3 Å². The zero-order valence-corrected chi connectivity index (χ0v) is 19.4. The minimum atomic E-state index is -0.483. The highest BCUT2D eigenvalue weighted by molar-refractivity contribution is 6.30. The molecule has 1 atom stereocenters. The van der Waals surface area contributed by atoms with E-state index in [1.807, 2.05) is 0 Å². The summed E-state index contributed by atoms with van der Waals surface area (Å²) in [7, 11) is 0. The van der Waals surface area contributed by atoms with Gasteiger partial charge >= 0.3 is 0 Å². The number of morpholine rings is 1. The second-order valence-corrected chi connectivity index (χ2v) is 10.9. The molecule has 5 fully saturated rings. The third-order valence-corrected chi connectivity index (χ3v) is 8.42. The molecule has 0 spiro atoms. The van der Waals surface area contributed by atoms with Gasteiger partial charge in [-0.1, -0.05) is 11.6 Å². The lowest BCUT2D eigenvalue weighted by Gasteiger charge is -2.59. The normalized spacial score (nSPS) is 32.5. The van der Waals surface area contributed by atoms with Crippen LogP contribution in [0.25, 0.3) is 0 Å². The van der Waals surface area contributed by atoms with Gasteiger partial charge in [0.1, 0.15) is 6.04 Å². The molecule has 2 amide bonds. The molecule has 32 heavy (non-hydrogen) atoms. The lowest BCUT2D eigenvalue weighted by Crippen LogP contribution is -2.62. The van der Waals surface area contributed by atoms with E-state index in [0.29, 0.717) is 34.9 Å². The van der Waals surface area contributed by atoms with E-state index in [4.69, 9.17) is 16.3 Å². The van der Waals surface area contributed by atoms with Gasteiger partial charge in [0.05, 0.1) is 13.2 Å². The average Bonchev–Trinajstić information content (AvgIpc) is 2.77. The zero-order chi connectivity index (χ0) is 22.1. The van der Waals surface area contributed by atoms with Crippen molar-refractivity contribution in [3.8, 4) is 0 Å². The Morgan fingerprint density at radius 2 is 1.62 bits per heavy atom. The maximum absolute atomic E-state index is 13.5. The van der Waals surface area contributed by atoms with Crippen LogP contribution in [-0.4, -0.2) is 62.1 Å². The molecule has 1 aliphatic heterocycles. The minimum Gasteiger partial charge on any atom is -0.379 e. The largest absolute Gasteiger partial charge is 0.379 e. The van der Waals surface area contributed by atoms with Crippen molar-refractivity contribution in [3.63, 3.8) is 0 Å². The van der Waals surface area contributed by atoms with Crippen molar-refractivity contribution in [3.05, 3.63) is 34.9 Å². The van der Waals surface area contributed by atoms with Crippen molar-refractivity contribution in [2.75, 3.05) is 39.4 Å². The fourth-order valence-corrected chi connectivity index (χ4v) is 7.23. The van der Waals surface area contributed by atoms with Gasteiger partial charge in [0.2, 0.25) is 5.91 Å². The van der Waals surface area contributed by atoms with E-state index in [9.17, 15) is 9.59 Å². The number of hydrogen-bond acceptors (Lipinski definition) is 4. The number of benzene rings is 1. The monoisotopic (exact) mass is 459 g/mol. The topological polar surface area (TPSA) is 70.7 Å². The van der Waals surface area contributed by atoms with Crippen molar-refractivity contribution in [2.45, 2.75) is 44.6 Å². The van der Waals surface area contributed by atoms with Crippen LogP contribution < -0.4 is 10.6 Å². The lowest BCUT2D eigenvalue weighted by molar-refractivity contribution is -0.134. The first-order valence-electron chi connectivity index (χ1n) is 12.1. The number of halogens is 1. The molecule has 1 saturated heterocycles. The van der Waals surface area contributed by atoms with Crippen molar-refractivity contribution in [2.24, 2.45) is 23.2 Å². The molecule has 4 saturated carbocycles. The second-order valence-electron chi connectivity index (χ2n) is 10.4. The van der Waals surface area contributed by atoms with Crippen LogP contribution in [0.15, 0.2) is 24.3 Å². The van der Waals surface area contributed by atoms with Gasteiger partial charge in [-0.2, -0.15) is 0 Å². The van der Waals surface area contributed by atoms with Crippen LogP contribution in [0.2, 0.25) is 5.02 Å². The number of carbonyl (C=O) groups excluding carboxylic acids is 2. The number of nitrogens with one attached hydrogen (secondary N) is 2. The third-order valence-electron chi connectivity index (χ3n) is 8.17. The molecule has 174 valence electrons. The zero-order valence-electron chi connectivity index (χ0n) is 18.7. The number of nitrogens with zero attached hydrogens (tertiary/aromatic N) is 1. The highest BCUT2D eigenvalue weighted by atomic mass is 35.5. The van der Waals surface area contributed by atoms with Gasteiger partial charge in [0, 0.05) is 42.2 Å². The molecule has 6 nitrogen and oxygen atoms in total. The smallest absolute Gasteiger partial charge is 0.251 e. The summed E-state index contributed by atoms with van der Waals surface area (Å²) in [4.78, 5) is 29.0. The molecule has 0 unspecified atom stereocenters. The van der Waals surface area contributed by atoms with E-state index in [0.717, 1.165) is 52.1 Å². The maximum Gasteiger partial charge on any atom is 0.251 e. The summed E-state index contributed by atoms with van der Waals surface area (Å²) in [5.74, 6) is 1.90. The van der Waals surface area contributed by atoms with Gasteiger partial charge < -0.3 is 15.4 Å². The first-order valence-corrected chi connectivity index (χ1v) is 12.5. The molecular formula is C25H34ClN3O3. The molecule has 4 bridgehead atoms. The number of amides is 2. The number of carbonyl (C=O) groups is 2. The van der Waals surface area contributed by atoms with Gasteiger partial charge in [-0.25, -0.2) is 0 Å². The Hall–Kier alpha value is -1.63. The molecular weight excluding hydrogens is 426 g/mol. The van der Waals surface area contributed by atoms with Gasteiger partial charge in [-0.05, 0) is 80.5 Å². The molecule has 1 heterocycles. The van der Waals surface area contributed by atoms with Crippen LogP contribution in [0, 0.1) is 23.2 Å². The summed E-state index contributed by atoms with van der Waals surface area (Å²) in [6, 6.07) is 6.41. The third kappa shape index (κ3) is 4.68. The number of ether oxygens (including phenoxy) is 1. The highest BCUT2D eigenvalue weighted by Crippen LogP contribution is 2.61. The fourth-order valence-electron chi connectivity index (χ4n) is 7.11. The molecule has 0 radical (unpaired) electrons. The van der Waals surface area contributed by atoms with Gasteiger partial charge in [0.25, 0.3) is 5.91 Å². The van der Waals surface area contributed by atoms with Crippen LogP contribution in [0.3, 0.4) is 0 Å². The lowest BCUT2D eigenvalue weighted by atomic mass is 9.47. The Balaban J connectivity index is 1.31. The van der Waals surface area contributed by atoms with Crippen molar-refractivity contribution >= 4 is 23.4 Å². The SMILES string of the molecule is O=C(N[C@H](C(=O)NCCN1CCOCC1)C12CC3CC(CC(C3)C1)C2)c1ccc(Cl)cc1. The van der Waals surface area contributed by atoms with Crippen LogP contribution in [0.4, 0.5) is 0 Å². The second kappa shape index (κ2) is 9.32. The Morgan fingerprint density at radius 3 is 2.22 bits per heavy atom. The van der Waals surface area contributed by atoms with Gasteiger partial charge in [-0.15, -0.1) is 0 Å². The Morgan fingerprint density at radius 1 is 1.03 bits per heavy atom. The van der Waals surface area contributed by atoms with Crippen molar-refractivity contribution in [1.29, 1.82) is 0 Å². The predicted octanol–water partition coefficient (Wildman–Crippen LogP) is 3.10. The van der Waals surface area contributed by atoms with E-state index < -0.39 is 6.04 Å². The van der Waals surface area contributed by atoms with E-state index >= 15 is 0 Å². The first kappa shape index (κ1) is 22.2. The van der Waals surface area contributed by atoms with Crippen LogP contribution in [0.1, 0.15) is 48.9 Å². The van der Waals surface area contributed by atoms with E-state index in [-0.39, 0.29) is 17.2 Å². The minimum absolute atomic E-state index is 0.0254. The average molecular weight is 460 g/mol.